The molecule has 5 aromatic rings. The summed E-state index contributed by atoms with van der Waals surface area (Å²) in [5.74, 6) is 0.262. The van der Waals surface area contributed by atoms with E-state index < -0.39 is 6.04 Å². The number of rotatable bonds is 5. The van der Waals surface area contributed by atoms with Crippen LogP contribution >= 0.6 is 27.5 Å². The zero-order chi connectivity index (χ0) is 27.8. The van der Waals surface area contributed by atoms with Gasteiger partial charge < -0.3 is 9.72 Å². The quantitative estimate of drug-likeness (QED) is 0.222. The zero-order valence-corrected chi connectivity index (χ0v) is 23.7. The fourth-order valence-corrected chi connectivity index (χ4v) is 5.81. The Morgan fingerprint density at radius 3 is 2.48 bits per heavy atom. The molecule has 1 aromatic heterocycles. The summed E-state index contributed by atoms with van der Waals surface area (Å²) in [6, 6.07) is 29.4. The van der Waals surface area contributed by atoms with Crippen molar-refractivity contribution >= 4 is 50.1 Å². The Labute approximate surface area is 244 Å². The molecule has 4 aromatic carbocycles. The number of fused-ring (bicyclic) bond motifs is 1. The van der Waals surface area contributed by atoms with Crippen LogP contribution in [0.25, 0.3) is 22.0 Å². The van der Waals surface area contributed by atoms with Crippen LogP contribution in [0, 0.1) is 0 Å². The van der Waals surface area contributed by atoms with E-state index >= 15 is 0 Å². The molecule has 0 spiro atoms. The number of methoxy groups -OCH3 is 1. The molecule has 6 rings (SSSR count). The number of H-pyrrole nitrogens is 1. The van der Waals surface area contributed by atoms with E-state index in [2.05, 4.69) is 20.9 Å². The largest absolute Gasteiger partial charge is 0.496 e. The maximum Gasteiger partial charge on any atom is 0.276 e. The third-order valence-corrected chi connectivity index (χ3v) is 7.87. The van der Waals surface area contributed by atoms with Crippen LogP contribution in [-0.4, -0.2) is 28.7 Å². The third kappa shape index (κ3) is 4.61. The molecule has 0 saturated carbocycles. The van der Waals surface area contributed by atoms with Gasteiger partial charge in [0, 0.05) is 32.9 Å². The van der Waals surface area contributed by atoms with Crippen LogP contribution in [0.4, 0.5) is 0 Å². The summed E-state index contributed by atoms with van der Waals surface area (Å²) in [5, 5.41) is 7.45. The smallest absolute Gasteiger partial charge is 0.276 e. The molecule has 1 aliphatic heterocycles. The minimum Gasteiger partial charge on any atom is -0.496 e. The number of hydrogen-bond donors (Lipinski definition) is 1. The van der Waals surface area contributed by atoms with Gasteiger partial charge in [0.15, 0.2) is 0 Å². The van der Waals surface area contributed by atoms with E-state index in [1.807, 2.05) is 72.8 Å². The highest BCUT2D eigenvalue weighted by Crippen LogP contribution is 2.41. The van der Waals surface area contributed by atoms with Gasteiger partial charge in [-0.15, -0.1) is 0 Å². The van der Waals surface area contributed by atoms with E-state index in [0.29, 0.717) is 39.5 Å². The summed E-state index contributed by atoms with van der Waals surface area (Å²) in [7, 11) is 1.59. The number of aromatic amines is 1. The number of hydrogen-bond acceptors (Lipinski definition) is 4. The molecule has 0 unspecified atom stereocenters. The molecule has 8 heteroatoms. The number of halogens is 2. The lowest BCUT2D eigenvalue weighted by Crippen LogP contribution is -2.27. The molecule has 0 aliphatic carbocycles. The number of benzene rings is 4. The minimum absolute atomic E-state index is 0.279. The van der Waals surface area contributed by atoms with Gasteiger partial charge in [-0.2, -0.15) is 5.10 Å². The van der Waals surface area contributed by atoms with Crippen molar-refractivity contribution in [1.29, 1.82) is 0 Å². The number of amides is 1. The Morgan fingerprint density at radius 1 is 0.975 bits per heavy atom. The predicted molar refractivity (Wildman–Crippen MR) is 162 cm³/mol. The second-order valence-corrected chi connectivity index (χ2v) is 10.7. The van der Waals surface area contributed by atoms with Crippen molar-refractivity contribution in [3.05, 3.63) is 134 Å². The fourth-order valence-electron chi connectivity index (χ4n) is 5.24. The van der Waals surface area contributed by atoms with Crippen LogP contribution < -0.4 is 10.3 Å². The third-order valence-electron chi connectivity index (χ3n) is 7.05. The molecular formula is C32H23BrClN3O3. The van der Waals surface area contributed by atoms with Crippen molar-refractivity contribution in [2.45, 2.75) is 12.5 Å². The van der Waals surface area contributed by atoms with Crippen molar-refractivity contribution < 1.29 is 9.53 Å². The Morgan fingerprint density at radius 2 is 1.70 bits per heavy atom. The lowest BCUT2D eigenvalue weighted by Gasteiger charge is -2.24. The number of pyridine rings is 1. The number of carbonyl (C=O) groups is 1. The Balaban J connectivity index is 1.60. The lowest BCUT2D eigenvalue weighted by molar-refractivity contribution is 0.0709. The molecule has 0 fully saturated rings. The number of nitrogens with zero attached hydrogens (tertiary/aromatic N) is 2. The SMILES string of the molecule is COc1ccccc1[C@@H]1CC(c2c(-c3ccccc3)c3cc(Br)ccc3[nH]c2=O)=NN1C(=O)c1ccccc1Cl. The summed E-state index contributed by atoms with van der Waals surface area (Å²) < 4.78 is 6.54. The highest BCUT2D eigenvalue weighted by atomic mass is 79.9. The maximum atomic E-state index is 13.9. The van der Waals surface area contributed by atoms with Gasteiger partial charge in [0.05, 0.1) is 35.0 Å². The van der Waals surface area contributed by atoms with Crippen molar-refractivity contribution in [3.8, 4) is 16.9 Å². The topological polar surface area (TPSA) is 74.8 Å². The molecule has 198 valence electrons. The van der Waals surface area contributed by atoms with Crippen molar-refractivity contribution in [1.82, 2.24) is 9.99 Å². The highest BCUT2D eigenvalue weighted by molar-refractivity contribution is 9.10. The fraction of sp³-hybridized carbons (Fsp3) is 0.0938. The van der Waals surface area contributed by atoms with Gasteiger partial charge in [0.25, 0.3) is 11.5 Å². The molecule has 0 bridgehead atoms. The van der Waals surface area contributed by atoms with Gasteiger partial charge in [-0.3, -0.25) is 9.59 Å². The predicted octanol–water partition coefficient (Wildman–Crippen LogP) is 7.61. The number of ether oxygens (including phenoxy) is 1. The summed E-state index contributed by atoms with van der Waals surface area (Å²) >= 11 is 10.0. The van der Waals surface area contributed by atoms with Crippen LogP contribution in [0.1, 0.15) is 33.9 Å². The summed E-state index contributed by atoms with van der Waals surface area (Å²) in [5.41, 5.74) is 4.09. The number of carbonyl (C=O) groups excluding carboxylic acids is 1. The van der Waals surface area contributed by atoms with Gasteiger partial charge >= 0.3 is 0 Å². The molecule has 6 nitrogen and oxygen atoms in total. The van der Waals surface area contributed by atoms with Crippen molar-refractivity contribution in [2.24, 2.45) is 5.10 Å². The van der Waals surface area contributed by atoms with Gasteiger partial charge in [-0.25, -0.2) is 5.01 Å². The van der Waals surface area contributed by atoms with E-state index in [0.717, 1.165) is 26.5 Å². The van der Waals surface area contributed by atoms with Crippen LogP contribution in [0.5, 0.6) is 5.75 Å². The molecule has 0 radical (unpaired) electrons. The number of nitrogens with one attached hydrogen (secondary N) is 1. The minimum atomic E-state index is -0.517. The second kappa shape index (κ2) is 10.8. The Bertz CT molecular complexity index is 1850. The van der Waals surface area contributed by atoms with Crippen LogP contribution in [-0.2, 0) is 0 Å². The first-order valence-corrected chi connectivity index (χ1v) is 13.8. The second-order valence-electron chi connectivity index (χ2n) is 9.40. The maximum absolute atomic E-state index is 13.9. The summed E-state index contributed by atoms with van der Waals surface area (Å²) in [6.45, 7) is 0. The first kappa shape index (κ1) is 26.0. The van der Waals surface area contributed by atoms with Crippen LogP contribution in [0.2, 0.25) is 5.02 Å². The molecule has 1 amide bonds. The number of para-hydroxylation sites is 1. The van der Waals surface area contributed by atoms with Gasteiger partial charge in [-0.05, 0) is 42.0 Å². The Kier molecular flexibility index (Phi) is 7.00. The van der Waals surface area contributed by atoms with E-state index in [-0.39, 0.29) is 11.5 Å². The molecule has 1 aliphatic rings. The van der Waals surface area contributed by atoms with Crippen LogP contribution in [0.15, 0.2) is 111 Å². The summed E-state index contributed by atoms with van der Waals surface area (Å²) in [4.78, 5) is 30.7. The van der Waals surface area contributed by atoms with Gasteiger partial charge in [0.1, 0.15) is 5.75 Å². The van der Waals surface area contributed by atoms with E-state index in [1.54, 1.807) is 31.4 Å². The number of hydrazone groups is 1. The summed E-state index contributed by atoms with van der Waals surface area (Å²) in [6.07, 6.45) is 0.305. The molecule has 0 saturated heterocycles. The zero-order valence-electron chi connectivity index (χ0n) is 21.4. The average molecular weight is 613 g/mol. The van der Waals surface area contributed by atoms with Crippen molar-refractivity contribution in [2.75, 3.05) is 7.11 Å². The number of aromatic nitrogens is 1. The van der Waals surface area contributed by atoms with Gasteiger partial charge in [0.2, 0.25) is 0 Å². The molecular weight excluding hydrogens is 590 g/mol. The normalized spacial score (nSPS) is 14.8. The van der Waals surface area contributed by atoms with E-state index in [9.17, 15) is 9.59 Å². The van der Waals surface area contributed by atoms with Gasteiger partial charge in [-0.1, -0.05) is 88.2 Å². The highest BCUT2D eigenvalue weighted by Gasteiger charge is 2.37. The Hall–Kier alpha value is -4.20. The van der Waals surface area contributed by atoms with E-state index in [4.69, 9.17) is 21.4 Å². The standard InChI is InChI=1S/C32H23BrClN3O3/c1-40-28-14-8-6-12-22(28)27-18-26(36-37(27)32(39)21-11-5-7-13-24(21)34)30-29(19-9-3-2-4-10-19)23-17-20(33)15-16-25(23)35-31(30)38/h2-17,27H,18H2,1H3,(H,35,38)/t27-/m0/s1. The lowest BCUT2D eigenvalue weighted by atomic mass is 9.91. The monoisotopic (exact) mass is 611 g/mol. The first-order chi connectivity index (χ1) is 19.5. The molecule has 1 atom stereocenters. The first-order valence-electron chi connectivity index (χ1n) is 12.7. The molecule has 40 heavy (non-hydrogen) atoms. The average Bonchev–Trinajstić information content (AvgIpc) is 3.42. The van der Waals surface area contributed by atoms with Crippen LogP contribution in [0.3, 0.4) is 0 Å². The molecule has 2 heterocycles. The van der Waals surface area contributed by atoms with Crippen molar-refractivity contribution in [3.63, 3.8) is 0 Å². The molecule has 1 N–H and O–H groups in total. The van der Waals surface area contributed by atoms with E-state index in [1.165, 1.54) is 5.01 Å².